The first-order valence-corrected chi connectivity index (χ1v) is 9.74. The van der Waals surface area contributed by atoms with E-state index in [1.807, 2.05) is 6.92 Å². The lowest BCUT2D eigenvalue weighted by Gasteiger charge is -2.59. The maximum atomic E-state index is 11.2. The molecule has 6 nitrogen and oxygen atoms in total. The van der Waals surface area contributed by atoms with Gasteiger partial charge in [0.1, 0.15) is 9.84 Å². The third-order valence-corrected chi connectivity index (χ3v) is 6.09. The summed E-state index contributed by atoms with van der Waals surface area (Å²) in [5.74, 6) is 0.881. The molecule has 1 fully saturated rings. The van der Waals surface area contributed by atoms with Crippen molar-refractivity contribution in [1.82, 2.24) is 10.6 Å². The summed E-state index contributed by atoms with van der Waals surface area (Å²) in [5.41, 5.74) is -0.138. The third-order valence-electron chi connectivity index (χ3n) is 5.12. The minimum atomic E-state index is -2.93. The van der Waals surface area contributed by atoms with Crippen LogP contribution in [0.25, 0.3) is 0 Å². The quantitative estimate of drug-likeness (QED) is 0.358. The second-order valence-corrected chi connectivity index (χ2v) is 9.35. The normalized spacial score (nSPS) is 28.3. The van der Waals surface area contributed by atoms with Gasteiger partial charge in [-0.3, -0.25) is 4.99 Å². The molecule has 8 heteroatoms. The van der Waals surface area contributed by atoms with Gasteiger partial charge < -0.3 is 15.4 Å². The summed E-state index contributed by atoms with van der Waals surface area (Å²) >= 11 is 0. The highest BCUT2D eigenvalue weighted by molar-refractivity contribution is 14.0. The summed E-state index contributed by atoms with van der Waals surface area (Å²) in [7, 11) is 0.538. The Hall–Kier alpha value is -0.0900. The molecule has 138 valence electrons. The Balaban J connectivity index is 0.00000484. The largest absolute Gasteiger partial charge is 0.378 e. The molecule has 3 atom stereocenters. The molecule has 1 rings (SSSR count). The van der Waals surface area contributed by atoms with E-state index in [-0.39, 0.29) is 52.8 Å². The number of rotatable bonds is 6. The Morgan fingerprint density at radius 1 is 1.39 bits per heavy atom. The average Bonchev–Trinajstić information content (AvgIpc) is 2.42. The van der Waals surface area contributed by atoms with Crippen molar-refractivity contribution in [3.05, 3.63) is 0 Å². The van der Waals surface area contributed by atoms with Gasteiger partial charge in [-0.05, 0) is 26.7 Å². The van der Waals surface area contributed by atoms with Crippen molar-refractivity contribution in [2.24, 2.45) is 10.4 Å². The zero-order valence-electron chi connectivity index (χ0n) is 15.3. The van der Waals surface area contributed by atoms with E-state index in [1.165, 1.54) is 6.26 Å². The molecule has 0 aromatic heterocycles. The molecular weight excluding hydrogens is 429 g/mol. The Morgan fingerprint density at radius 2 is 1.96 bits per heavy atom. The van der Waals surface area contributed by atoms with E-state index < -0.39 is 9.84 Å². The van der Waals surface area contributed by atoms with Crippen molar-refractivity contribution >= 4 is 39.8 Å². The van der Waals surface area contributed by atoms with Gasteiger partial charge in [-0.2, -0.15) is 0 Å². The number of nitrogens with one attached hydrogen (secondary N) is 2. The SMILES string of the molecule is CN=C(NC(C)CCS(C)(=O)=O)NC1CC(C)(OC)C1(C)C.I. The van der Waals surface area contributed by atoms with Crippen molar-refractivity contribution in [3.63, 3.8) is 0 Å². The molecule has 3 unspecified atom stereocenters. The number of ether oxygens (including phenoxy) is 1. The molecule has 0 heterocycles. The number of halogens is 1. The van der Waals surface area contributed by atoms with Crippen molar-refractivity contribution in [2.75, 3.05) is 26.2 Å². The second-order valence-electron chi connectivity index (χ2n) is 7.09. The van der Waals surface area contributed by atoms with Crippen LogP contribution in [0.2, 0.25) is 0 Å². The molecule has 0 aromatic rings. The fourth-order valence-corrected chi connectivity index (χ4v) is 3.54. The van der Waals surface area contributed by atoms with Crippen LogP contribution in [0.15, 0.2) is 4.99 Å². The predicted octanol–water partition coefficient (Wildman–Crippen LogP) is 1.80. The van der Waals surface area contributed by atoms with Crippen LogP contribution in [0.1, 0.15) is 40.5 Å². The lowest BCUT2D eigenvalue weighted by atomic mass is 9.56. The fourth-order valence-electron chi connectivity index (χ4n) is 2.76. The first-order chi connectivity index (χ1) is 9.95. The molecule has 1 aliphatic carbocycles. The summed E-state index contributed by atoms with van der Waals surface area (Å²) in [6.07, 6.45) is 2.73. The van der Waals surface area contributed by atoms with Crippen LogP contribution in [0.4, 0.5) is 0 Å². The van der Waals surface area contributed by atoms with Crippen molar-refractivity contribution < 1.29 is 13.2 Å². The summed E-state index contributed by atoms with van der Waals surface area (Å²) in [6.45, 7) is 8.44. The van der Waals surface area contributed by atoms with Crippen LogP contribution < -0.4 is 10.6 Å². The van der Waals surface area contributed by atoms with E-state index in [9.17, 15) is 8.42 Å². The number of aliphatic imine (C=N–C) groups is 1. The first kappa shape index (κ1) is 22.9. The second kappa shape index (κ2) is 8.33. The molecular formula is C15H32IN3O3S. The van der Waals surface area contributed by atoms with Gasteiger partial charge in [0.15, 0.2) is 5.96 Å². The minimum Gasteiger partial charge on any atom is -0.378 e. The number of guanidine groups is 1. The monoisotopic (exact) mass is 461 g/mol. The van der Waals surface area contributed by atoms with Gasteiger partial charge in [-0.25, -0.2) is 8.42 Å². The number of hydrogen-bond acceptors (Lipinski definition) is 4. The Bertz CT molecular complexity index is 522. The summed E-state index contributed by atoms with van der Waals surface area (Å²) < 4.78 is 28.1. The highest BCUT2D eigenvalue weighted by atomic mass is 127. The lowest BCUT2D eigenvalue weighted by molar-refractivity contribution is -0.176. The van der Waals surface area contributed by atoms with Crippen LogP contribution in [0.5, 0.6) is 0 Å². The molecule has 2 N–H and O–H groups in total. The number of methoxy groups -OCH3 is 1. The molecule has 0 aromatic carbocycles. The molecule has 0 amide bonds. The highest BCUT2D eigenvalue weighted by Crippen LogP contribution is 2.51. The van der Waals surface area contributed by atoms with Gasteiger partial charge in [-0.15, -0.1) is 24.0 Å². The summed E-state index contributed by atoms with van der Waals surface area (Å²) in [5, 5.41) is 6.68. The van der Waals surface area contributed by atoms with E-state index in [0.29, 0.717) is 12.4 Å². The van der Waals surface area contributed by atoms with Gasteiger partial charge in [0, 0.05) is 37.9 Å². The highest BCUT2D eigenvalue weighted by Gasteiger charge is 2.58. The van der Waals surface area contributed by atoms with Gasteiger partial charge in [-0.1, -0.05) is 13.8 Å². The number of sulfone groups is 1. The predicted molar refractivity (Wildman–Crippen MR) is 106 cm³/mol. The molecule has 0 saturated heterocycles. The Kier molecular flexibility index (Phi) is 8.30. The van der Waals surface area contributed by atoms with Crippen molar-refractivity contribution in [1.29, 1.82) is 0 Å². The van der Waals surface area contributed by atoms with Crippen molar-refractivity contribution in [2.45, 2.75) is 58.2 Å². The summed E-state index contributed by atoms with van der Waals surface area (Å²) in [6, 6.07) is 0.309. The maximum Gasteiger partial charge on any atom is 0.191 e. The molecule has 23 heavy (non-hydrogen) atoms. The van der Waals surface area contributed by atoms with Crippen molar-refractivity contribution in [3.8, 4) is 0 Å². The molecule has 1 aliphatic rings. The first-order valence-electron chi connectivity index (χ1n) is 7.68. The van der Waals surface area contributed by atoms with E-state index in [2.05, 4.69) is 36.4 Å². The Labute approximate surface area is 158 Å². The fraction of sp³-hybridized carbons (Fsp3) is 0.933. The van der Waals surface area contributed by atoms with Gasteiger partial charge >= 0.3 is 0 Å². The van der Waals surface area contributed by atoms with Crippen LogP contribution in [-0.2, 0) is 14.6 Å². The number of hydrogen-bond donors (Lipinski definition) is 2. The lowest BCUT2D eigenvalue weighted by Crippen LogP contribution is -2.69. The van der Waals surface area contributed by atoms with Gasteiger partial charge in [0.2, 0.25) is 0 Å². The van der Waals surface area contributed by atoms with E-state index in [1.54, 1.807) is 14.2 Å². The zero-order valence-corrected chi connectivity index (χ0v) is 18.4. The minimum absolute atomic E-state index is 0. The standard InChI is InChI=1S/C15H31N3O3S.HI/c1-11(8-9-22(7,19)20)17-13(16-5)18-12-10-15(4,21-6)14(12,2)3;/h11-12H,8-10H2,1-7H3,(H2,16,17,18);1H. The van der Waals surface area contributed by atoms with Crippen LogP contribution in [0, 0.1) is 5.41 Å². The van der Waals surface area contributed by atoms with E-state index in [4.69, 9.17) is 4.74 Å². The van der Waals surface area contributed by atoms with E-state index >= 15 is 0 Å². The molecule has 0 radical (unpaired) electrons. The zero-order chi connectivity index (χ0) is 17.2. The van der Waals surface area contributed by atoms with Gasteiger partial charge in [0.25, 0.3) is 0 Å². The molecule has 1 saturated carbocycles. The number of nitrogens with zero attached hydrogens (tertiary/aromatic N) is 1. The average molecular weight is 461 g/mol. The molecule has 0 aliphatic heterocycles. The molecule has 0 spiro atoms. The van der Waals surface area contributed by atoms with Crippen LogP contribution in [0.3, 0.4) is 0 Å². The third kappa shape index (κ3) is 5.74. The van der Waals surface area contributed by atoms with Gasteiger partial charge in [0.05, 0.1) is 11.4 Å². The van der Waals surface area contributed by atoms with E-state index in [0.717, 1.165) is 6.42 Å². The maximum absolute atomic E-state index is 11.2. The smallest absolute Gasteiger partial charge is 0.191 e. The Morgan fingerprint density at radius 3 is 2.35 bits per heavy atom. The topological polar surface area (TPSA) is 79.8 Å². The summed E-state index contributed by atoms with van der Waals surface area (Å²) in [4.78, 5) is 4.24. The van der Waals surface area contributed by atoms with Crippen LogP contribution in [-0.4, -0.2) is 58.2 Å². The van der Waals surface area contributed by atoms with Crippen LogP contribution >= 0.6 is 24.0 Å². The molecule has 0 bridgehead atoms.